The Balaban J connectivity index is 2.66. The molecule has 0 spiro atoms. The Morgan fingerprint density at radius 3 is 2.75 bits per heavy atom. The molecule has 0 bridgehead atoms. The zero-order chi connectivity index (χ0) is 12.3. The van der Waals surface area contributed by atoms with Crippen LogP contribution < -0.4 is 10.5 Å². The summed E-state index contributed by atoms with van der Waals surface area (Å²) in [4.78, 5) is 0.161. The molecule has 0 aromatic heterocycles. The van der Waals surface area contributed by atoms with E-state index in [4.69, 9.17) is 18.0 Å². The van der Waals surface area contributed by atoms with Crippen molar-refractivity contribution in [2.24, 2.45) is 11.7 Å². The summed E-state index contributed by atoms with van der Waals surface area (Å²) >= 11 is 4.74. The zero-order valence-corrected chi connectivity index (χ0v) is 11.3. The lowest BCUT2D eigenvalue weighted by molar-refractivity contribution is 0.278. The Labute approximate surface area is 103 Å². The molecule has 1 rings (SSSR count). The summed E-state index contributed by atoms with van der Waals surface area (Å²) in [5, 5.41) is 0. The minimum atomic E-state index is -3.44. The molecule has 7 heteroatoms. The molecular formula is C9H19N3O2S2. The second-order valence-corrected chi connectivity index (χ2v) is 6.53. The summed E-state index contributed by atoms with van der Waals surface area (Å²) in [5.74, 6) is 0.408. The van der Waals surface area contributed by atoms with Gasteiger partial charge < -0.3 is 5.73 Å². The largest absolute Gasteiger partial charge is 0.392 e. The van der Waals surface area contributed by atoms with Crippen molar-refractivity contribution in [3.63, 3.8) is 0 Å². The van der Waals surface area contributed by atoms with Crippen LogP contribution in [0.3, 0.4) is 0 Å². The SMILES string of the molecule is CC1CCCN(S(=O)(=O)NC(C)C(N)=S)C1. The Hall–Kier alpha value is -0.240. The molecule has 0 amide bonds. The van der Waals surface area contributed by atoms with Crippen molar-refractivity contribution in [1.29, 1.82) is 0 Å². The minimum absolute atomic E-state index is 0.161. The molecule has 0 saturated carbocycles. The fourth-order valence-electron chi connectivity index (χ4n) is 1.72. The van der Waals surface area contributed by atoms with Gasteiger partial charge in [-0.1, -0.05) is 19.1 Å². The highest BCUT2D eigenvalue weighted by molar-refractivity contribution is 7.87. The molecule has 1 aliphatic rings. The average Bonchev–Trinajstić information content (AvgIpc) is 2.17. The smallest absolute Gasteiger partial charge is 0.280 e. The van der Waals surface area contributed by atoms with E-state index in [2.05, 4.69) is 11.6 Å². The van der Waals surface area contributed by atoms with Crippen LogP contribution in [0.4, 0.5) is 0 Å². The van der Waals surface area contributed by atoms with Crippen molar-refractivity contribution in [1.82, 2.24) is 9.03 Å². The van der Waals surface area contributed by atoms with E-state index in [-0.39, 0.29) is 4.99 Å². The predicted molar refractivity (Wildman–Crippen MR) is 68.3 cm³/mol. The molecule has 1 heterocycles. The van der Waals surface area contributed by atoms with Gasteiger partial charge in [0.1, 0.15) is 0 Å². The molecule has 5 nitrogen and oxygen atoms in total. The standard InChI is InChI=1S/C9H19N3O2S2/c1-7-4-3-5-12(6-7)16(13,14)11-8(2)9(10)15/h7-8,11H,3-6H2,1-2H3,(H2,10,15). The number of nitrogens with two attached hydrogens (primary N) is 1. The molecular weight excluding hydrogens is 246 g/mol. The molecule has 1 aliphatic heterocycles. The van der Waals surface area contributed by atoms with Gasteiger partial charge in [-0.3, -0.25) is 0 Å². The van der Waals surface area contributed by atoms with Gasteiger partial charge in [0.25, 0.3) is 10.2 Å². The summed E-state index contributed by atoms with van der Waals surface area (Å²) in [5.41, 5.74) is 5.39. The maximum Gasteiger partial charge on any atom is 0.280 e. The number of nitrogens with zero attached hydrogens (tertiary/aromatic N) is 1. The highest BCUT2D eigenvalue weighted by Crippen LogP contribution is 2.17. The molecule has 3 N–H and O–H groups in total. The van der Waals surface area contributed by atoms with Crippen LogP contribution in [-0.2, 0) is 10.2 Å². The quantitative estimate of drug-likeness (QED) is 0.713. The molecule has 2 atom stereocenters. The first kappa shape index (κ1) is 13.8. The predicted octanol–water partition coefficient (Wildman–Crippen LogP) is 0.227. The van der Waals surface area contributed by atoms with Gasteiger partial charge in [0.05, 0.1) is 11.0 Å². The Bertz CT molecular complexity index is 356. The number of hydrogen-bond acceptors (Lipinski definition) is 3. The average molecular weight is 265 g/mol. The monoisotopic (exact) mass is 265 g/mol. The summed E-state index contributed by atoms with van der Waals surface area (Å²) in [7, 11) is -3.44. The Kier molecular flexibility index (Phi) is 4.66. The van der Waals surface area contributed by atoms with Crippen molar-refractivity contribution >= 4 is 27.4 Å². The van der Waals surface area contributed by atoms with E-state index in [0.717, 1.165) is 12.8 Å². The molecule has 94 valence electrons. The summed E-state index contributed by atoms with van der Waals surface area (Å²) < 4.78 is 27.8. The molecule has 1 fully saturated rings. The van der Waals surface area contributed by atoms with Crippen LogP contribution in [-0.4, -0.2) is 36.8 Å². The van der Waals surface area contributed by atoms with Gasteiger partial charge in [0.15, 0.2) is 0 Å². The second-order valence-electron chi connectivity index (χ2n) is 4.35. The fraction of sp³-hybridized carbons (Fsp3) is 0.889. The van der Waals surface area contributed by atoms with E-state index in [1.165, 1.54) is 4.31 Å². The van der Waals surface area contributed by atoms with Crippen molar-refractivity contribution in [2.45, 2.75) is 32.7 Å². The third-order valence-corrected chi connectivity index (χ3v) is 4.73. The number of rotatable bonds is 4. The highest BCUT2D eigenvalue weighted by atomic mass is 32.2. The van der Waals surface area contributed by atoms with E-state index in [9.17, 15) is 8.42 Å². The highest BCUT2D eigenvalue weighted by Gasteiger charge is 2.28. The maximum atomic E-state index is 11.9. The third kappa shape index (κ3) is 3.65. The lowest BCUT2D eigenvalue weighted by Gasteiger charge is -2.30. The van der Waals surface area contributed by atoms with Gasteiger partial charge in [0, 0.05) is 13.1 Å². The van der Waals surface area contributed by atoms with Gasteiger partial charge in [-0.05, 0) is 25.7 Å². The molecule has 0 aromatic carbocycles. The summed E-state index contributed by atoms with van der Waals surface area (Å²) in [6.07, 6.45) is 1.99. The lowest BCUT2D eigenvalue weighted by atomic mass is 10.0. The minimum Gasteiger partial charge on any atom is -0.392 e. The molecule has 0 aromatic rings. The molecule has 0 aliphatic carbocycles. The molecule has 2 unspecified atom stereocenters. The first-order valence-corrected chi connectivity index (χ1v) is 7.24. The number of thiocarbonyl (C=S) groups is 1. The maximum absolute atomic E-state index is 11.9. The van der Waals surface area contributed by atoms with E-state index in [1.54, 1.807) is 6.92 Å². The number of piperidine rings is 1. The fourth-order valence-corrected chi connectivity index (χ4v) is 3.40. The van der Waals surface area contributed by atoms with Crippen LogP contribution in [0.15, 0.2) is 0 Å². The van der Waals surface area contributed by atoms with Gasteiger partial charge in [0.2, 0.25) is 0 Å². The van der Waals surface area contributed by atoms with Crippen LogP contribution in [0.2, 0.25) is 0 Å². The van der Waals surface area contributed by atoms with Gasteiger partial charge in [-0.2, -0.15) is 17.4 Å². The third-order valence-electron chi connectivity index (χ3n) is 2.71. The van der Waals surface area contributed by atoms with Crippen LogP contribution in [0, 0.1) is 5.92 Å². The van der Waals surface area contributed by atoms with Gasteiger partial charge in [-0.25, -0.2) is 0 Å². The molecule has 0 radical (unpaired) electrons. The van der Waals surface area contributed by atoms with Crippen LogP contribution >= 0.6 is 12.2 Å². The first-order valence-electron chi connectivity index (χ1n) is 5.39. The summed E-state index contributed by atoms with van der Waals surface area (Å²) in [6.45, 7) is 4.84. The van der Waals surface area contributed by atoms with Gasteiger partial charge >= 0.3 is 0 Å². The van der Waals surface area contributed by atoms with Crippen molar-refractivity contribution < 1.29 is 8.42 Å². The van der Waals surface area contributed by atoms with E-state index < -0.39 is 16.3 Å². The number of hydrogen-bond donors (Lipinski definition) is 2. The Morgan fingerprint density at radius 1 is 1.62 bits per heavy atom. The van der Waals surface area contributed by atoms with Crippen LogP contribution in [0.25, 0.3) is 0 Å². The first-order chi connectivity index (χ1) is 7.33. The molecule has 1 saturated heterocycles. The van der Waals surface area contributed by atoms with Crippen molar-refractivity contribution in [3.05, 3.63) is 0 Å². The van der Waals surface area contributed by atoms with E-state index >= 15 is 0 Å². The normalized spacial score (nSPS) is 25.2. The Morgan fingerprint density at radius 2 is 2.25 bits per heavy atom. The summed E-state index contributed by atoms with van der Waals surface area (Å²) in [6, 6.07) is -0.503. The van der Waals surface area contributed by atoms with E-state index in [0.29, 0.717) is 19.0 Å². The van der Waals surface area contributed by atoms with Gasteiger partial charge in [-0.15, -0.1) is 0 Å². The van der Waals surface area contributed by atoms with Crippen LogP contribution in [0.5, 0.6) is 0 Å². The second kappa shape index (κ2) is 5.39. The van der Waals surface area contributed by atoms with Crippen molar-refractivity contribution in [2.75, 3.05) is 13.1 Å². The van der Waals surface area contributed by atoms with E-state index in [1.807, 2.05) is 0 Å². The van der Waals surface area contributed by atoms with Crippen molar-refractivity contribution in [3.8, 4) is 0 Å². The molecule has 16 heavy (non-hydrogen) atoms. The number of nitrogens with one attached hydrogen (secondary N) is 1. The topological polar surface area (TPSA) is 75.4 Å². The zero-order valence-electron chi connectivity index (χ0n) is 9.64. The lowest BCUT2D eigenvalue weighted by Crippen LogP contribution is -2.50. The van der Waals surface area contributed by atoms with Crippen LogP contribution in [0.1, 0.15) is 26.7 Å².